The van der Waals surface area contributed by atoms with Gasteiger partial charge in [0, 0.05) is 24.8 Å². The molecule has 0 spiro atoms. The van der Waals surface area contributed by atoms with Gasteiger partial charge in [-0.25, -0.2) is 4.79 Å². The van der Waals surface area contributed by atoms with Crippen LogP contribution in [0.1, 0.15) is 51.9 Å². The number of aromatic nitrogens is 1. The number of aryl methyl sites for hydroxylation is 1. The summed E-state index contributed by atoms with van der Waals surface area (Å²) in [6.07, 6.45) is 3.07. The molecule has 1 aliphatic heterocycles. The number of nitrogens with one attached hydrogen (secondary N) is 1. The second-order valence-corrected chi connectivity index (χ2v) is 7.32. The van der Waals surface area contributed by atoms with Crippen molar-refractivity contribution < 1.29 is 9.90 Å². The van der Waals surface area contributed by atoms with Crippen LogP contribution in [-0.4, -0.2) is 29.7 Å². The molecule has 0 saturated carbocycles. The first-order valence-corrected chi connectivity index (χ1v) is 8.75. The number of hydrogen-bond donors (Lipinski definition) is 2. The highest BCUT2D eigenvalue weighted by molar-refractivity contribution is 5.89. The summed E-state index contributed by atoms with van der Waals surface area (Å²) in [5.74, 6) is -0.998. The van der Waals surface area contributed by atoms with Crippen LogP contribution in [-0.2, 0) is 12.8 Å². The van der Waals surface area contributed by atoms with E-state index >= 15 is 0 Å². The van der Waals surface area contributed by atoms with Gasteiger partial charge in [-0.1, -0.05) is 6.92 Å². The highest BCUT2D eigenvalue weighted by atomic mass is 16.4. The Morgan fingerprint density at radius 1 is 1.32 bits per heavy atom. The lowest BCUT2D eigenvalue weighted by Gasteiger charge is -2.35. The Labute approximate surface area is 146 Å². The topological polar surface area (TPSA) is 73.4 Å². The molecule has 4 rings (SSSR count). The molecule has 1 unspecified atom stereocenters. The molecular weight excluding hydrogens is 316 g/mol. The number of aromatic carboxylic acids is 1. The number of anilines is 1. The van der Waals surface area contributed by atoms with Crippen LogP contribution in [0.3, 0.4) is 0 Å². The van der Waals surface area contributed by atoms with E-state index in [2.05, 4.69) is 36.8 Å². The number of nitrogens with zero attached hydrogens (tertiary/aromatic N) is 1. The van der Waals surface area contributed by atoms with Crippen LogP contribution in [0, 0.1) is 6.92 Å². The summed E-state index contributed by atoms with van der Waals surface area (Å²) in [4.78, 5) is 28.7. The van der Waals surface area contributed by atoms with Crippen LogP contribution in [0.4, 0.5) is 5.69 Å². The van der Waals surface area contributed by atoms with Crippen molar-refractivity contribution in [2.45, 2.75) is 39.0 Å². The van der Waals surface area contributed by atoms with Gasteiger partial charge in [0.25, 0.3) is 5.56 Å². The fourth-order valence-corrected chi connectivity index (χ4v) is 4.51. The molecule has 1 aliphatic carbocycles. The van der Waals surface area contributed by atoms with Crippen LogP contribution in [0.5, 0.6) is 0 Å². The molecule has 0 bridgehead atoms. The van der Waals surface area contributed by atoms with Crippen LogP contribution in [0.15, 0.2) is 16.9 Å². The van der Waals surface area contributed by atoms with Gasteiger partial charge in [0.05, 0.1) is 5.69 Å². The summed E-state index contributed by atoms with van der Waals surface area (Å²) in [7, 11) is 2.14. The highest BCUT2D eigenvalue weighted by Crippen LogP contribution is 2.44. The van der Waals surface area contributed by atoms with Crippen molar-refractivity contribution in [3.05, 3.63) is 50.3 Å². The summed E-state index contributed by atoms with van der Waals surface area (Å²) in [5, 5.41) is 9.25. The predicted molar refractivity (Wildman–Crippen MR) is 97.9 cm³/mol. The van der Waals surface area contributed by atoms with Crippen LogP contribution < -0.4 is 10.5 Å². The normalized spacial score (nSPS) is 18.4. The van der Waals surface area contributed by atoms with Gasteiger partial charge in [-0.05, 0) is 66.5 Å². The second kappa shape index (κ2) is 5.48. The average molecular weight is 338 g/mol. The Morgan fingerprint density at radius 3 is 2.80 bits per heavy atom. The number of benzene rings is 1. The maximum Gasteiger partial charge on any atom is 0.341 e. The van der Waals surface area contributed by atoms with Crippen molar-refractivity contribution >= 4 is 11.7 Å². The lowest BCUT2D eigenvalue weighted by Crippen LogP contribution is -2.28. The number of hydrogen-bond acceptors (Lipinski definition) is 3. The minimum Gasteiger partial charge on any atom is -0.477 e. The van der Waals surface area contributed by atoms with Crippen molar-refractivity contribution in [2.75, 3.05) is 18.5 Å². The molecule has 5 heteroatoms. The Bertz CT molecular complexity index is 958. The third-order valence-electron chi connectivity index (χ3n) is 5.62. The van der Waals surface area contributed by atoms with Crippen molar-refractivity contribution in [2.24, 2.45) is 0 Å². The minimum atomic E-state index is -1.18. The maximum atomic E-state index is 12.2. The number of carbonyl (C=O) groups is 1. The molecule has 0 fully saturated rings. The van der Waals surface area contributed by atoms with Gasteiger partial charge < -0.3 is 15.0 Å². The fourth-order valence-electron chi connectivity index (χ4n) is 4.51. The van der Waals surface area contributed by atoms with Crippen molar-refractivity contribution in [3.8, 4) is 11.3 Å². The molecular formula is C20H22N2O3. The standard InChI is InChI=1S/C20H22N2O3/c1-10-7-14-12-5-4-6-22(3)18(12)11(2)8-15(14)17-13(10)9-16(20(24)25)19(23)21-17/h8-10H,4-7H2,1-3H3,(H,21,23)(H,24,25). The van der Waals surface area contributed by atoms with Crippen LogP contribution in [0.2, 0.25) is 0 Å². The van der Waals surface area contributed by atoms with E-state index in [0.29, 0.717) is 0 Å². The summed E-state index contributed by atoms with van der Waals surface area (Å²) < 4.78 is 0. The number of carboxylic acids is 1. The molecule has 1 atom stereocenters. The number of H-pyrrole nitrogens is 1. The number of fused-ring (bicyclic) bond motifs is 5. The second-order valence-electron chi connectivity index (χ2n) is 7.32. The molecule has 2 aliphatic rings. The average Bonchev–Trinajstić information content (AvgIpc) is 2.55. The number of pyridine rings is 1. The van der Waals surface area contributed by atoms with E-state index in [1.165, 1.54) is 22.4 Å². The van der Waals surface area contributed by atoms with Gasteiger partial charge in [-0.3, -0.25) is 4.79 Å². The largest absolute Gasteiger partial charge is 0.477 e. The molecule has 5 nitrogen and oxygen atoms in total. The molecule has 130 valence electrons. The Morgan fingerprint density at radius 2 is 2.08 bits per heavy atom. The summed E-state index contributed by atoms with van der Waals surface area (Å²) in [5.41, 5.74) is 7.31. The lowest BCUT2D eigenvalue weighted by atomic mass is 9.77. The zero-order chi connectivity index (χ0) is 17.9. The summed E-state index contributed by atoms with van der Waals surface area (Å²) in [6, 6.07) is 3.71. The molecule has 1 aromatic carbocycles. The van der Waals surface area contributed by atoms with Gasteiger partial charge >= 0.3 is 5.97 Å². The first-order valence-electron chi connectivity index (χ1n) is 8.75. The molecule has 2 heterocycles. The first kappa shape index (κ1) is 15.9. The van der Waals surface area contributed by atoms with Gasteiger partial charge in [-0.15, -0.1) is 0 Å². The van der Waals surface area contributed by atoms with Crippen molar-refractivity contribution in [3.63, 3.8) is 0 Å². The minimum absolute atomic E-state index is 0.177. The first-order chi connectivity index (χ1) is 11.9. The Hall–Kier alpha value is -2.56. The maximum absolute atomic E-state index is 12.2. The van der Waals surface area contributed by atoms with E-state index in [-0.39, 0.29) is 11.5 Å². The SMILES string of the molecule is Cc1cc2c(c3c1N(C)CCC3)CC(C)c1cc(C(=O)O)c(=O)[nH]c1-2. The molecule has 2 aromatic rings. The summed E-state index contributed by atoms with van der Waals surface area (Å²) >= 11 is 0. The van der Waals surface area contributed by atoms with Crippen LogP contribution in [0.25, 0.3) is 11.3 Å². The zero-order valence-corrected chi connectivity index (χ0v) is 14.8. The Balaban J connectivity index is 2.01. The predicted octanol–water partition coefficient (Wildman–Crippen LogP) is 3.09. The van der Waals surface area contributed by atoms with Gasteiger partial charge in [0.15, 0.2) is 0 Å². The third kappa shape index (κ3) is 2.29. The van der Waals surface area contributed by atoms with E-state index in [1.54, 1.807) is 6.07 Å². The van der Waals surface area contributed by atoms with Crippen LogP contribution >= 0.6 is 0 Å². The molecule has 0 amide bonds. The molecule has 0 radical (unpaired) electrons. The third-order valence-corrected chi connectivity index (χ3v) is 5.62. The lowest BCUT2D eigenvalue weighted by molar-refractivity contribution is 0.0695. The number of carboxylic acid groups (broad SMARTS) is 1. The van der Waals surface area contributed by atoms with Crippen molar-refractivity contribution in [1.82, 2.24) is 4.98 Å². The molecule has 1 aromatic heterocycles. The van der Waals surface area contributed by atoms with E-state index in [0.717, 1.165) is 42.6 Å². The number of rotatable bonds is 1. The van der Waals surface area contributed by atoms with Crippen molar-refractivity contribution in [1.29, 1.82) is 0 Å². The smallest absolute Gasteiger partial charge is 0.341 e. The van der Waals surface area contributed by atoms with Gasteiger partial charge in [0.1, 0.15) is 5.56 Å². The fraction of sp³-hybridized carbons (Fsp3) is 0.400. The summed E-state index contributed by atoms with van der Waals surface area (Å²) in [6.45, 7) is 5.28. The highest BCUT2D eigenvalue weighted by Gasteiger charge is 2.30. The number of aromatic amines is 1. The monoisotopic (exact) mass is 338 g/mol. The molecule has 25 heavy (non-hydrogen) atoms. The molecule has 2 N–H and O–H groups in total. The Kier molecular flexibility index (Phi) is 3.49. The molecule has 0 saturated heterocycles. The van der Waals surface area contributed by atoms with Gasteiger partial charge in [0.2, 0.25) is 0 Å². The quantitative estimate of drug-likeness (QED) is 0.838. The van der Waals surface area contributed by atoms with E-state index in [4.69, 9.17) is 0 Å². The van der Waals surface area contributed by atoms with E-state index in [9.17, 15) is 14.7 Å². The zero-order valence-electron chi connectivity index (χ0n) is 14.8. The van der Waals surface area contributed by atoms with Gasteiger partial charge in [-0.2, -0.15) is 0 Å². The van der Waals surface area contributed by atoms with E-state index in [1.807, 2.05) is 0 Å². The van der Waals surface area contributed by atoms with E-state index < -0.39 is 11.5 Å².